The second-order valence-electron chi connectivity index (χ2n) is 5.30. The molecule has 1 fully saturated rings. The third-order valence-corrected chi connectivity index (χ3v) is 4.34. The number of aromatic carboxylic acids is 1. The number of hydrogen-bond donors (Lipinski definition) is 2. The van der Waals surface area contributed by atoms with E-state index in [0.717, 1.165) is 6.42 Å². The molecule has 5 heteroatoms. The van der Waals surface area contributed by atoms with Gasteiger partial charge in [0.1, 0.15) is 12.4 Å². The van der Waals surface area contributed by atoms with Gasteiger partial charge in [-0.05, 0) is 46.5 Å². The number of carboxylic acid groups (broad SMARTS) is 1. The summed E-state index contributed by atoms with van der Waals surface area (Å²) in [5.74, 6) is 0.0617. The Bertz CT molecular complexity index is 469. The van der Waals surface area contributed by atoms with Crippen LogP contribution in [0.4, 0.5) is 0 Å². The SMILES string of the molecule is O=C(O)c1ccc(Br)c(OCC(O)CC2CCCC2)c1. The molecule has 1 saturated carbocycles. The molecule has 0 aromatic heterocycles. The summed E-state index contributed by atoms with van der Waals surface area (Å²) in [6.45, 7) is 0.193. The molecular weight excluding hydrogens is 324 g/mol. The predicted octanol–water partition coefficient (Wildman–Crippen LogP) is 3.47. The molecule has 4 nitrogen and oxygen atoms in total. The second-order valence-corrected chi connectivity index (χ2v) is 6.16. The van der Waals surface area contributed by atoms with Gasteiger partial charge in [-0.2, -0.15) is 0 Å². The minimum absolute atomic E-state index is 0.175. The number of ether oxygens (including phenoxy) is 1. The Morgan fingerprint density at radius 2 is 2.10 bits per heavy atom. The first-order valence-electron chi connectivity index (χ1n) is 6.90. The molecule has 1 aliphatic rings. The van der Waals surface area contributed by atoms with Crippen molar-refractivity contribution < 1.29 is 19.7 Å². The van der Waals surface area contributed by atoms with Gasteiger partial charge in [0.05, 0.1) is 16.1 Å². The molecule has 1 unspecified atom stereocenters. The Morgan fingerprint density at radius 1 is 1.40 bits per heavy atom. The van der Waals surface area contributed by atoms with Gasteiger partial charge in [-0.25, -0.2) is 4.79 Å². The average molecular weight is 343 g/mol. The van der Waals surface area contributed by atoms with Crippen molar-refractivity contribution in [1.82, 2.24) is 0 Å². The normalized spacial score (nSPS) is 17.1. The van der Waals surface area contributed by atoms with Crippen molar-refractivity contribution in [2.45, 2.75) is 38.2 Å². The molecule has 2 rings (SSSR count). The lowest BCUT2D eigenvalue weighted by atomic mass is 10.0. The van der Waals surface area contributed by atoms with Crippen LogP contribution in [0.15, 0.2) is 22.7 Å². The molecule has 1 aromatic rings. The molecule has 0 bridgehead atoms. The van der Waals surface area contributed by atoms with E-state index in [4.69, 9.17) is 9.84 Å². The fraction of sp³-hybridized carbons (Fsp3) is 0.533. The van der Waals surface area contributed by atoms with Gasteiger partial charge in [-0.15, -0.1) is 0 Å². The Labute approximate surface area is 126 Å². The van der Waals surface area contributed by atoms with Crippen LogP contribution in [0.25, 0.3) is 0 Å². The van der Waals surface area contributed by atoms with Crippen LogP contribution >= 0.6 is 15.9 Å². The quantitative estimate of drug-likeness (QED) is 0.830. The smallest absolute Gasteiger partial charge is 0.335 e. The summed E-state index contributed by atoms with van der Waals surface area (Å²) in [5.41, 5.74) is 0.175. The Morgan fingerprint density at radius 3 is 2.75 bits per heavy atom. The van der Waals surface area contributed by atoms with E-state index in [0.29, 0.717) is 16.1 Å². The summed E-state index contributed by atoms with van der Waals surface area (Å²) < 4.78 is 6.23. The Hall–Kier alpha value is -1.07. The maximum Gasteiger partial charge on any atom is 0.335 e. The van der Waals surface area contributed by atoms with Crippen molar-refractivity contribution in [3.63, 3.8) is 0 Å². The number of hydrogen-bond acceptors (Lipinski definition) is 3. The van der Waals surface area contributed by atoms with E-state index in [1.165, 1.54) is 37.8 Å². The Balaban J connectivity index is 1.89. The molecular formula is C15H19BrO4. The first kappa shape index (κ1) is 15.3. The molecule has 1 aliphatic carbocycles. The second kappa shape index (κ2) is 7.09. The fourth-order valence-corrected chi connectivity index (χ4v) is 2.99. The van der Waals surface area contributed by atoms with Crippen LogP contribution in [-0.4, -0.2) is 28.9 Å². The zero-order chi connectivity index (χ0) is 14.5. The maximum absolute atomic E-state index is 10.9. The third-order valence-electron chi connectivity index (χ3n) is 3.69. The van der Waals surface area contributed by atoms with Gasteiger partial charge in [0.2, 0.25) is 0 Å². The number of aliphatic hydroxyl groups is 1. The van der Waals surface area contributed by atoms with Crippen molar-refractivity contribution in [2.75, 3.05) is 6.61 Å². The monoisotopic (exact) mass is 342 g/mol. The molecule has 1 atom stereocenters. The fourth-order valence-electron chi connectivity index (χ4n) is 2.63. The highest BCUT2D eigenvalue weighted by molar-refractivity contribution is 9.10. The number of halogens is 1. The van der Waals surface area contributed by atoms with Crippen LogP contribution in [0.1, 0.15) is 42.5 Å². The molecule has 20 heavy (non-hydrogen) atoms. The molecule has 110 valence electrons. The van der Waals surface area contributed by atoms with Crippen LogP contribution in [0.5, 0.6) is 5.75 Å². The van der Waals surface area contributed by atoms with Crippen molar-refractivity contribution in [3.8, 4) is 5.75 Å². The van der Waals surface area contributed by atoms with E-state index in [9.17, 15) is 9.90 Å². The minimum atomic E-state index is -0.992. The molecule has 0 radical (unpaired) electrons. The van der Waals surface area contributed by atoms with Crippen LogP contribution in [-0.2, 0) is 0 Å². The van der Waals surface area contributed by atoms with E-state index in [1.807, 2.05) is 0 Å². The molecule has 0 aliphatic heterocycles. The summed E-state index contributed by atoms with van der Waals surface area (Å²) in [6, 6.07) is 4.62. The largest absolute Gasteiger partial charge is 0.490 e. The summed E-state index contributed by atoms with van der Waals surface area (Å²) in [4.78, 5) is 10.9. The Kier molecular flexibility index (Phi) is 5.43. The van der Waals surface area contributed by atoms with Crippen LogP contribution < -0.4 is 4.74 Å². The molecule has 0 spiro atoms. The maximum atomic E-state index is 10.9. The van der Waals surface area contributed by atoms with E-state index in [2.05, 4.69) is 15.9 Å². The van der Waals surface area contributed by atoms with Crippen LogP contribution in [0.2, 0.25) is 0 Å². The lowest BCUT2D eigenvalue weighted by Gasteiger charge is -2.16. The van der Waals surface area contributed by atoms with Gasteiger partial charge in [0.25, 0.3) is 0 Å². The van der Waals surface area contributed by atoms with Gasteiger partial charge in [0, 0.05) is 0 Å². The molecule has 1 aromatic carbocycles. The highest BCUT2D eigenvalue weighted by Gasteiger charge is 2.19. The number of aliphatic hydroxyl groups excluding tert-OH is 1. The van der Waals surface area contributed by atoms with Gasteiger partial charge >= 0.3 is 5.97 Å². The lowest BCUT2D eigenvalue weighted by Crippen LogP contribution is -2.20. The first-order valence-corrected chi connectivity index (χ1v) is 7.69. The zero-order valence-corrected chi connectivity index (χ0v) is 12.8. The van der Waals surface area contributed by atoms with Gasteiger partial charge < -0.3 is 14.9 Å². The van der Waals surface area contributed by atoms with Gasteiger partial charge in [-0.3, -0.25) is 0 Å². The van der Waals surface area contributed by atoms with Crippen molar-refractivity contribution in [3.05, 3.63) is 28.2 Å². The van der Waals surface area contributed by atoms with E-state index in [1.54, 1.807) is 6.07 Å². The topological polar surface area (TPSA) is 66.8 Å². The van der Waals surface area contributed by atoms with Gasteiger partial charge in [0.15, 0.2) is 0 Å². The average Bonchev–Trinajstić information content (AvgIpc) is 2.90. The summed E-state index contributed by atoms with van der Waals surface area (Å²) in [7, 11) is 0. The zero-order valence-electron chi connectivity index (χ0n) is 11.2. The van der Waals surface area contributed by atoms with Crippen LogP contribution in [0.3, 0.4) is 0 Å². The van der Waals surface area contributed by atoms with Crippen molar-refractivity contribution in [2.24, 2.45) is 5.92 Å². The third kappa shape index (κ3) is 4.21. The summed E-state index contributed by atoms with van der Waals surface area (Å²) in [6.07, 6.45) is 5.15. The van der Waals surface area contributed by atoms with Gasteiger partial charge in [-0.1, -0.05) is 25.7 Å². The van der Waals surface area contributed by atoms with Crippen molar-refractivity contribution in [1.29, 1.82) is 0 Å². The predicted molar refractivity (Wildman–Crippen MR) is 79.2 cm³/mol. The molecule has 0 heterocycles. The number of benzene rings is 1. The molecule has 0 saturated heterocycles. The van der Waals surface area contributed by atoms with Crippen molar-refractivity contribution >= 4 is 21.9 Å². The molecule has 2 N–H and O–H groups in total. The highest BCUT2D eigenvalue weighted by atomic mass is 79.9. The standard InChI is InChI=1S/C15H19BrO4/c16-13-6-5-11(15(18)19)8-14(13)20-9-12(17)7-10-3-1-2-4-10/h5-6,8,10,12,17H,1-4,7,9H2,(H,18,19). The van der Waals surface area contributed by atoms with E-state index < -0.39 is 12.1 Å². The van der Waals surface area contributed by atoms with E-state index in [-0.39, 0.29) is 12.2 Å². The highest BCUT2D eigenvalue weighted by Crippen LogP contribution is 2.30. The molecule has 0 amide bonds. The first-order chi connectivity index (χ1) is 9.56. The number of carbonyl (C=O) groups is 1. The summed E-state index contributed by atoms with van der Waals surface area (Å²) in [5, 5.41) is 18.9. The number of rotatable bonds is 6. The summed E-state index contributed by atoms with van der Waals surface area (Å²) >= 11 is 3.32. The lowest BCUT2D eigenvalue weighted by molar-refractivity contribution is 0.0695. The van der Waals surface area contributed by atoms with Crippen LogP contribution in [0, 0.1) is 5.92 Å². The van der Waals surface area contributed by atoms with E-state index >= 15 is 0 Å². The number of carboxylic acids is 1. The minimum Gasteiger partial charge on any atom is -0.490 e.